The number of aliphatic hydroxyl groups excluding tert-OH is 1. The predicted molar refractivity (Wildman–Crippen MR) is 156 cm³/mol. The molecule has 2 unspecified atom stereocenters. The molecule has 2 aliphatic heterocycles. The van der Waals surface area contributed by atoms with Crippen LogP contribution in [0.3, 0.4) is 0 Å². The molecule has 0 spiro atoms. The molecule has 2 fully saturated rings. The Morgan fingerprint density at radius 2 is 1.90 bits per heavy atom. The van der Waals surface area contributed by atoms with Gasteiger partial charge in [0, 0.05) is 45.8 Å². The maximum atomic E-state index is 13.0. The lowest BCUT2D eigenvalue weighted by atomic mass is 10.0. The molecule has 0 saturated carbocycles. The Labute approximate surface area is 236 Å². The van der Waals surface area contributed by atoms with Crippen molar-refractivity contribution in [2.24, 2.45) is 4.99 Å². The van der Waals surface area contributed by atoms with Crippen LogP contribution in [0, 0.1) is 0 Å². The van der Waals surface area contributed by atoms with Crippen LogP contribution < -0.4 is 9.80 Å². The number of benzene rings is 1. The molecule has 9 nitrogen and oxygen atoms in total. The summed E-state index contributed by atoms with van der Waals surface area (Å²) in [7, 11) is 1.73. The van der Waals surface area contributed by atoms with Gasteiger partial charge in [0.25, 0.3) is 0 Å². The molecule has 0 aliphatic carbocycles. The van der Waals surface area contributed by atoms with Gasteiger partial charge >= 0.3 is 0 Å². The highest BCUT2D eigenvalue weighted by Gasteiger charge is 2.32. The van der Waals surface area contributed by atoms with Gasteiger partial charge in [-0.25, -0.2) is 4.98 Å². The first-order chi connectivity index (χ1) is 18.9. The van der Waals surface area contributed by atoms with Crippen LogP contribution in [0.15, 0.2) is 29.3 Å². The number of aromatic nitrogens is 1. The van der Waals surface area contributed by atoms with Gasteiger partial charge in [-0.15, -0.1) is 0 Å². The fourth-order valence-corrected chi connectivity index (χ4v) is 5.99. The van der Waals surface area contributed by atoms with E-state index in [1.54, 1.807) is 16.8 Å². The number of hydrogen-bond donors (Lipinski definition) is 1. The molecule has 0 radical (unpaired) electrons. The minimum Gasteiger partial charge on any atom is -0.391 e. The molecular formula is C29H39ClN6O3. The van der Waals surface area contributed by atoms with Gasteiger partial charge in [-0.05, 0) is 49.8 Å². The predicted octanol–water partition coefficient (Wildman–Crippen LogP) is 3.65. The van der Waals surface area contributed by atoms with E-state index in [9.17, 15) is 14.7 Å². The first-order valence-electron chi connectivity index (χ1n) is 13.8. The van der Waals surface area contributed by atoms with E-state index in [1.165, 1.54) is 0 Å². The second-order valence-electron chi connectivity index (χ2n) is 10.2. The summed E-state index contributed by atoms with van der Waals surface area (Å²) in [5.41, 5.74) is 3.56. The highest BCUT2D eigenvalue weighted by Crippen LogP contribution is 2.38. The summed E-state index contributed by atoms with van der Waals surface area (Å²) in [6.07, 6.45) is 4.31. The average Bonchev–Trinajstić information content (AvgIpc) is 2.95. The molecular weight excluding hydrogens is 516 g/mol. The summed E-state index contributed by atoms with van der Waals surface area (Å²) < 4.78 is 0. The number of hydrogen-bond acceptors (Lipinski definition) is 6. The lowest BCUT2D eigenvalue weighted by Crippen LogP contribution is -2.54. The second kappa shape index (κ2) is 12.8. The van der Waals surface area contributed by atoms with E-state index in [2.05, 4.69) is 30.7 Å². The fourth-order valence-electron chi connectivity index (χ4n) is 5.72. The summed E-state index contributed by atoms with van der Waals surface area (Å²) in [4.78, 5) is 41.6. The van der Waals surface area contributed by atoms with Crippen molar-refractivity contribution in [1.82, 2.24) is 14.8 Å². The molecule has 210 valence electrons. The Balaban J connectivity index is 1.92. The first kappa shape index (κ1) is 28.8. The number of amidine groups is 1. The highest BCUT2D eigenvalue weighted by atomic mass is 35.5. The zero-order chi connectivity index (χ0) is 28.1. The Kier molecular flexibility index (Phi) is 9.45. The van der Waals surface area contributed by atoms with Crippen molar-refractivity contribution in [1.29, 1.82) is 0 Å². The topological polar surface area (TPSA) is 92.6 Å². The van der Waals surface area contributed by atoms with Crippen LogP contribution in [0.25, 0.3) is 0 Å². The molecule has 1 aromatic heterocycles. The molecule has 3 heterocycles. The van der Waals surface area contributed by atoms with Crippen molar-refractivity contribution in [2.45, 2.75) is 58.6 Å². The van der Waals surface area contributed by atoms with Gasteiger partial charge in [-0.1, -0.05) is 43.6 Å². The van der Waals surface area contributed by atoms with Crippen LogP contribution in [0.4, 0.5) is 17.3 Å². The lowest BCUT2D eigenvalue weighted by molar-refractivity contribution is -0.120. The van der Waals surface area contributed by atoms with Gasteiger partial charge in [0.2, 0.25) is 12.8 Å². The number of piperazine rings is 1. The maximum Gasteiger partial charge on any atom is 0.219 e. The Bertz CT molecular complexity index is 1200. The van der Waals surface area contributed by atoms with Crippen molar-refractivity contribution in [3.63, 3.8) is 0 Å². The number of β-amino-alcohol motifs (C(OH)–C–C–N with tert-alkyl or cyclic N) is 1. The van der Waals surface area contributed by atoms with E-state index in [-0.39, 0.29) is 6.04 Å². The Hall–Kier alpha value is -3.17. The Morgan fingerprint density at radius 3 is 2.46 bits per heavy atom. The largest absolute Gasteiger partial charge is 0.391 e. The maximum absolute atomic E-state index is 13.0. The van der Waals surface area contributed by atoms with Crippen molar-refractivity contribution >= 4 is 47.6 Å². The van der Waals surface area contributed by atoms with Crippen molar-refractivity contribution in [3.05, 3.63) is 46.0 Å². The van der Waals surface area contributed by atoms with Gasteiger partial charge in [0.15, 0.2) is 5.82 Å². The van der Waals surface area contributed by atoms with E-state index < -0.39 is 6.10 Å². The number of aliphatic imine (C=N–C) groups is 1. The molecule has 1 N–H and O–H groups in total. The van der Waals surface area contributed by atoms with E-state index in [0.29, 0.717) is 54.2 Å². The third-order valence-electron chi connectivity index (χ3n) is 7.71. The molecule has 2 aromatic rings. The van der Waals surface area contributed by atoms with E-state index in [0.717, 1.165) is 61.9 Å². The number of amides is 2. The van der Waals surface area contributed by atoms with Crippen molar-refractivity contribution in [3.8, 4) is 0 Å². The standard InChI is InChI=1S/C29H39ClN6O3/c1-5-21-9-7-10-22(6-2)26(21)36(19-38)28-24(27(31-4)35-14-13-33(18-37)16-20(35)3)15-25(30)29(32-28)34-12-8-11-23(39)17-34/h7,9-10,15,18-20,23,39H,5-6,8,11-14,16-17H2,1-4H3/b31-27+. The highest BCUT2D eigenvalue weighted by molar-refractivity contribution is 6.33. The molecule has 0 bridgehead atoms. The minimum atomic E-state index is -0.461. The number of anilines is 3. The monoisotopic (exact) mass is 554 g/mol. The number of carbonyl (C=O) groups excluding carboxylic acids is 2. The number of piperidine rings is 1. The zero-order valence-electron chi connectivity index (χ0n) is 23.3. The minimum absolute atomic E-state index is 0.00463. The normalized spacial score (nSPS) is 20.3. The van der Waals surface area contributed by atoms with Gasteiger partial charge in [0.1, 0.15) is 11.7 Å². The fraction of sp³-hybridized carbons (Fsp3) is 0.517. The van der Waals surface area contributed by atoms with Crippen LogP contribution in [-0.2, 0) is 22.4 Å². The number of rotatable bonds is 8. The first-order valence-corrected chi connectivity index (χ1v) is 14.2. The van der Waals surface area contributed by atoms with Crippen LogP contribution in [0.1, 0.15) is 50.3 Å². The number of halogens is 1. The number of aliphatic hydroxyl groups is 1. The van der Waals surface area contributed by atoms with Gasteiger partial charge < -0.3 is 19.8 Å². The van der Waals surface area contributed by atoms with Gasteiger partial charge in [0.05, 0.1) is 22.4 Å². The summed E-state index contributed by atoms with van der Waals surface area (Å²) in [6.45, 7) is 9.08. The van der Waals surface area contributed by atoms with Crippen LogP contribution in [0.2, 0.25) is 5.02 Å². The molecule has 2 atom stereocenters. The summed E-state index contributed by atoms with van der Waals surface area (Å²) >= 11 is 6.89. The molecule has 2 saturated heterocycles. The molecule has 10 heteroatoms. The van der Waals surface area contributed by atoms with Crippen molar-refractivity contribution in [2.75, 3.05) is 49.6 Å². The van der Waals surface area contributed by atoms with E-state index in [4.69, 9.17) is 16.6 Å². The SMILES string of the molecule is CCc1cccc(CC)c1N(C=O)c1nc(N2CCCC(O)C2)c(Cl)cc1/C(=N\C)N1CCN(C=O)CC1C. The number of nitrogens with zero attached hydrogens (tertiary/aromatic N) is 6. The van der Waals surface area contributed by atoms with Gasteiger partial charge in [-0.3, -0.25) is 19.5 Å². The molecule has 4 rings (SSSR count). The quantitative estimate of drug-likeness (QED) is 0.304. The number of pyridine rings is 1. The third kappa shape index (κ3) is 5.89. The number of aryl methyl sites for hydroxylation is 2. The molecule has 39 heavy (non-hydrogen) atoms. The number of para-hydroxylation sites is 1. The number of carbonyl (C=O) groups is 2. The zero-order valence-corrected chi connectivity index (χ0v) is 24.1. The van der Waals surface area contributed by atoms with Crippen LogP contribution in [0.5, 0.6) is 0 Å². The molecule has 1 aromatic carbocycles. The molecule has 2 amide bonds. The third-order valence-corrected chi connectivity index (χ3v) is 7.98. The summed E-state index contributed by atoms with van der Waals surface area (Å²) in [5.74, 6) is 1.66. The second-order valence-corrected chi connectivity index (χ2v) is 10.6. The van der Waals surface area contributed by atoms with Crippen LogP contribution in [-0.4, -0.2) is 90.5 Å². The average molecular weight is 555 g/mol. The lowest BCUT2D eigenvalue weighted by Gasteiger charge is -2.41. The summed E-state index contributed by atoms with van der Waals surface area (Å²) in [6, 6.07) is 7.95. The summed E-state index contributed by atoms with van der Waals surface area (Å²) in [5, 5.41) is 10.8. The smallest absolute Gasteiger partial charge is 0.219 e. The Morgan fingerprint density at radius 1 is 1.18 bits per heavy atom. The van der Waals surface area contributed by atoms with Crippen molar-refractivity contribution < 1.29 is 14.7 Å². The van der Waals surface area contributed by atoms with E-state index in [1.807, 2.05) is 29.2 Å². The van der Waals surface area contributed by atoms with Crippen LogP contribution >= 0.6 is 11.6 Å². The van der Waals surface area contributed by atoms with E-state index >= 15 is 0 Å². The van der Waals surface area contributed by atoms with Gasteiger partial charge in [-0.2, -0.15) is 0 Å². The molecule has 2 aliphatic rings.